The molecule has 0 aliphatic carbocycles. The van der Waals surface area contributed by atoms with Crippen molar-refractivity contribution in [2.45, 2.75) is 6.42 Å². The van der Waals surface area contributed by atoms with Crippen LogP contribution in [0.1, 0.15) is 6.42 Å². The van der Waals surface area contributed by atoms with Gasteiger partial charge in [-0.05, 0) is 24.6 Å². The van der Waals surface area contributed by atoms with Gasteiger partial charge in [0.25, 0.3) is 0 Å². The largest absolute Gasteiger partial charge is 0.333 e. The summed E-state index contributed by atoms with van der Waals surface area (Å²) in [5.41, 5.74) is 1.10. The highest BCUT2D eigenvalue weighted by atomic mass is 79.9. The highest BCUT2D eigenvalue weighted by Gasteiger charge is 2.28. The Morgan fingerprint density at radius 3 is 2.81 bits per heavy atom. The van der Waals surface area contributed by atoms with E-state index in [-0.39, 0.29) is 11.8 Å². The lowest BCUT2D eigenvalue weighted by Gasteiger charge is -2.17. The molecule has 114 valence electrons. The molecule has 0 saturated carbocycles. The van der Waals surface area contributed by atoms with Crippen molar-refractivity contribution in [1.82, 2.24) is 5.32 Å². The molecule has 2 N–H and O–H groups in total. The van der Waals surface area contributed by atoms with Crippen molar-refractivity contribution in [2.75, 3.05) is 28.5 Å². The van der Waals surface area contributed by atoms with E-state index in [0.29, 0.717) is 35.4 Å². The molecule has 1 heterocycles. The van der Waals surface area contributed by atoms with Crippen LogP contribution in [0, 0.1) is 0 Å². The van der Waals surface area contributed by atoms with Crippen LogP contribution < -0.4 is 14.9 Å². The third kappa shape index (κ3) is 4.21. The van der Waals surface area contributed by atoms with Gasteiger partial charge in [-0.1, -0.05) is 28.6 Å². The summed E-state index contributed by atoms with van der Waals surface area (Å²) in [7, 11) is -3.22. The fourth-order valence-corrected chi connectivity index (χ4v) is 3.72. The van der Waals surface area contributed by atoms with Crippen molar-refractivity contribution in [2.24, 2.45) is 0 Å². The molecule has 8 heteroatoms. The molecule has 0 radical (unpaired) electrons. The number of hydrogen-bond donors (Lipinski definition) is 2. The minimum atomic E-state index is -3.22. The topological polar surface area (TPSA) is 78.5 Å². The Hall–Kier alpha value is -1.54. The Bertz CT molecular complexity index is 660. The number of amides is 2. The van der Waals surface area contributed by atoms with E-state index in [2.05, 4.69) is 33.1 Å². The SMILES string of the molecule is C=C(Br)CNC(=O)Nc1cccc(N2CCCS2(=O)=O)c1. The maximum Gasteiger partial charge on any atom is 0.319 e. The lowest BCUT2D eigenvalue weighted by atomic mass is 10.2. The molecule has 1 aromatic carbocycles. The molecule has 1 aromatic rings. The molecule has 21 heavy (non-hydrogen) atoms. The van der Waals surface area contributed by atoms with E-state index in [9.17, 15) is 13.2 Å². The van der Waals surface area contributed by atoms with Crippen LogP contribution in [0.4, 0.5) is 16.2 Å². The fourth-order valence-electron chi connectivity index (χ4n) is 2.02. The Morgan fingerprint density at radius 1 is 1.43 bits per heavy atom. The molecular weight excluding hydrogens is 358 g/mol. The molecule has 1 fully saturated rings. The second-order valence-corrected chi connectivity index (χ2v) is 7.75. The van der Waals surface area contributed by atoms with Crippen LogP contribution in [0.15, 0.2) is 35.3 Å². The zero-order chi connectivity index (χ0) is 15.5. The van der Waals surface area contributed by atoms with Crippen LogP contribution in [0.5, 0.6) is 0 Å². The number of urea groups is 1. The predicted molar refractivity (Wildman–Crippen MR) is 87.3 cm³/mol. The van der Waals surface area contributed by atoms with Crippen LogP contribution in [0.3, 0.4) is 0 Å². The van der Waals surface area contributed by atoms with Gasteiger partial charge in [0.1, 0.15) is 0 Å². The molecule has 0 atom stereocenters. The van der Waals surface area contributed by atoms with Crippen molar-refractivity contribution in [3.63, 3.8) is 0 Å². The number of nitrogens with one attached hydrogen (secondary N) is 2. The number of benzene rings is 1. The third-order valence-electron chi connectivity index (χ3n) is 2.93. The van der Waals surface area contributed by atoms with Crippen molar-refractivity contribution in [1.29, 1.82) is 0 Å². The summed E-state index contributed by atoms with van der Waals surface area (Å²) in [4.78, 5) is 11.7. The highest BCUT2D eigenvalue weighted by Crippen LogP contribution is 2.26. The normalized spacial score (nSPS) is 16.5. The summed E-state index contributed by atoms with van der Waals surface area (Å²) in [5, 5.41) is 5.26. The van der Waals surface area contributed by atoms with Gasteiger partial charge in [-0.3, -0.25) is 4.31 Å². The van der Waals surface area contributed by atoms with Crippen LogP contribution in [-0.4, -0.2) is 33.3 Å². The van der Waals surface area contributed by atoms with E-state index < -0.39 is 10.0 Å². The molecule has 0 bridgehead atoms. The number of nitrogens with zero attached hydrogens (tertiary/aromatic N) is 1. The summed E-state index contributed by atoms with van der Waals surface area (Å²) >= 11 is 3.15. The number of sulfonamides is 1. The minimum Gasteiger partial charge on any atom is -0.333 e. The fraction of sp³-hybridized carbons (Fsp3) is 0.308. The van der Waals surface area contributed by atoms with E-state index in [1.54, 1.807) is 24.3 Å². The Labute approximate surface area is 132 Å². The van der Waals surface area contributed by atoms with Crippen LogP contribution in [-0.2, 0) is 10.0 Å². The summed E-state index contributed by atoms with van der Waals surface area (Å²) in [6.07, 6.45) is 0.619. The summed E-state index contributed by atoms with van der Waals surface area (Å²) < 4.78 is 25.8. The first kappa shape index (κ1) is 15.8. The summed E-state index contributed by atoms with van der Waals surface area (Å²) in [5.74, 6) is 0.165. The Morgan fingerprint density at radius 2 is 2.19 bits per heavy atom. The van der Waals surface area contributed by atoms with Crippen LogP contribution in [0.2, 0.25) is 0 Å². The van der Waals surface area contributed by atoms with Gasteiger partial charge in [0, 0.05) is 16.7 Å². The molecule has 1 aliphatic rings. The average molecular weight is 374 g/mol. The van der Waals surface area contributed by atoms with E-state index in [4.69, 9.17) is 0 Å². The second-order valence-electron chi connectivity index (χ2n) is 4.62. The quantitative estimate of drug-likeness (QED) is 0.849. The van der Waals surface area contributed by atoms with Gasteiger partial charge < -0.3 is 10.6 Å². The first-order chi connectivity index (χ1) is 9.88. The maximum absolute atomic E-state index is 11.9. The molecule has 0 aromatic heterocycles. The van der Waals surface area contributed by atoms with Crippen LogP contribution >= 0.6 is 15.9 Å². The highest BCUT2D eigenvalue weighted by molar-refractivity contribution is 9.11. The molecule has 0 unspecified atom stereocenters. The van der Waals surface area contributed by atoms with E-state index in [1.165, 1.54) is 4.31 Å². The van der Waals surface area contributed by atoms with Gasteiger partial charge in [-0.25, -0.2) is 13.2 Å². The number of hydrogen-bond acceptors (Lipinski definition) is 3. The number of carbonyl (C=O) groups excluding carboxylic acids is 1. The monoisotopic (exact) mass is 373 g/mol. The zero-order valence-electron chi connectivity index (χ0n) is 11.3. The molecule has 1 saturated heterocycles. The second kappa shape index (κ2) is 6.48. The van der Waals surface area contributed by atoms with E-state index >= 15 is 0 Å². The van der Waals surface area contributed by atoms with Gasteiger partial charge in [-0.2, -0.15) is 0 Å². The summed E-state index contributed by atoms with van der Waals surface area (Å²) in [6, 6.07) is 6.39. The van der Waals surface area contributed by atoms with Crippen molar-refractivity contribution in [3.05, 3.63) is 35.3 Å². The number of carbonyl (C=O) groups is 1. The van der Waals surface area contributed by atoms with E-state index in [0.717, 1.165) is 0 Å². The van der Waals surface area contributed by atoms with Crippen molar-refractivity contribution in [3.8, 4) is 0 Å². The van der Waals surface area contributed by atoms with Gasteiger partial charge in [0.2, 0.25) is 10.0 Å². The van der Waals surface area contributed by atoms with Gasteiger partial charge in [-0.15, -0.1) is 0 Å². The van der Waals surface area contributed by atoms with Gasteiger partial charge in [0.15, 0.2) is 0 Å². The molecule has 6 nitrogen and oxygen atoms in total. The lowest BCUT2D eigenvalue weighted by molar-refractivity contribution is 0.253. The predicted octanol–water partition coefficient (Wildman–Crippen LogP) is 2.26. The van der Waals surface area contributed by atoms with Crippen molar-refractivity contribution < 1.29 is 13.2 Å². The third-order valence-corrected chi connectivity index (χ3v) is 5.08. The standard InChI is InChI=1S/C13H16BrN3O3S/c1-10(14)9-15-13(18)16-11-4-2-5-12(8-11)17-6-3-7-21(17,19)20/h2,4-5,8H,1,3,6-7,9H2,(H2,15,16,18). The van der Waals surface area contributed by atoms with Gasteiger partial charge in [0.05, 0.1) is 18.0 Å². The zero-order valence-corrected chi connectivity index (χ0v) is 13.7. The maximum atomic E-state index is 11.9. The smallest absolute Gasteiger partial charge is 0.319 e. The number of rotatable bonds is 4. The molecule has 2 rings (SSSR count). The molecular formula is C13H16BrN3O3S. The van der Waals surface area contributed by atoms with Crippen LogP contribution in [0.25, 0.3) is 0 Å². The summed E-state index contributed by atoms with van der Waals surface area (Å²) in [6.45, 7) is 4.40. The van der Waals surface area contributed by atoms with Gasteiger partial charge >= 0.3 is 6.03 Å². The van der Waals surface area contributed by atoms with E-state index in [1.807, 2.05) is 0 Å². The first-order valence-electron chi connectivity index (χ1n) is 6.37. The minimum absolute atomic E-state index is 0.165. The Balaban J connectivity index is 2.08. The van der Waals surface area contributed by atoms with Crippen molar-refractivity contribution >= 4 is 43.4 Å². The first-order valence-corrected chi connectivity index (χ1v) is 8.77. The average Bonchev–Trinajstić information content (AvgIpc) is 2.76. The molecule has 0 spiro atoms. The molecule has 1 aliphatic heterocycles. The molecule has 2 amide bonds. The Kier molecular flexibility index (Phi) is 4.89. The lowest BCUT2D eigenvalue weighted by Crippen LogP contribution is -2.29. The number of halogens is 1. The number of anilines is 2.